The molecule has 1 spiro atoms. The highest BCUT2D eigenvalue weighted by atomic mass is 16.2. The van der Waals surface area contributed by atoms with E-state index in [1.165, 1.54) is 4.90 Å². The molecule has 3 fully saturated rings. The van der Waals surface area contributed by atoms with Crippen LogP contribution < -0.4 is 5.32 Å². The number of carbonyl (C=O) groups is 3. The van der Waals surface area contributed by atoms with Gasteiger partial charge in [0.1, 0.15) is 5.54 Å². The third kappa shape index (κ3) is 3.74. The monoisotopic (exact) mass is 459 g/mol. The van der Waals surface area contributed by atoms with Crippen LogP contribution in [0.4, 0.5) is 0 Å². The second kappa shape index (κ2) is 8.99. The van der Waals surface area contributed by atoms with E-state index in [1.807, 2.05) is 65.6 Å². The number of likely N-dealkylation sites (tertiary alicyclic amines) is 2. The number of nitrogens with one attached hydrogen (secondary N) is 1. The molecular formula is C28H33N3O3. The molecule has 0 unspecified atom stereocenters. The smallest absolute Gasteiger partial charge is 0.243 e. The second-order valence-electron chi connectivity index (χ2n) is 10.3. The summed E-state index contributed by atoms with van der Waals surface area (Å²) in [6, 6.07) is 19.0. The Morgan fingerprint density at radius 2 is 1.65 bits per heavy atom. The third-order valence-electron chi connectivity index (χ3n) is 7.73. The molecule has 6 nitrogen and oxygen atoms in total. The maximum absolute atomic E-state index is 14.0. The number of amides is 3. The molecule has 0 saturated carbocycles. The molecule has 0 bridgehead atoms. The van der Waals surface area contributed by atoms with E-state index in [4.69, 9.17) is 0 Å². The highest BCUT2D eigenvalue weighted by molar-refractivity contribution is 6.10. The number of carbonyl (C=O) groups excluding carboxylic acids is 3. The zero-order valence-corrected chi connectivity index (χ0v) is 19.9. The summed E-state index contributed by atoms with van der Waals surface area (Å²) in [5.74, 6) is -1.18. The Morgan fingerprint density at radius 1 is 0.971 bits per heavy atom. The minimum atomic E-state index is -1.03. The van der Waals surface area contributed by atoms with E-state index in [-0.39, 0.29) is 30.3 Å². The molecule has 178 valence electrons. The molecule has 3 heterocycles. The summed E-state index contributed by atoms with van der Waals surface area (Å²) in [5, 5.41) is 3.58. The largest absolute Gasteiger partial charge is 0.341 e. The first-order chi connectivity index (χ1) is 16.4. The molecule has 4 atom stereocenters. The van der Waals surface area contributed by atoms with Crippen LogP contribution in [0, 0.1) is 17.8 Å². The first-order valence-corrected chi connectivity index (χ1v) is 12.4. The van der Waals surface area contributed by atoms with Gasteiger partial charge in [-0.2, -0.15) is 0 Å². The number of benzene rings is 2. The van der Waals surface area contributed by atoms with Crippen LogP contribution in [0.25, 0.3) is 0 Å². The van der Waals surface area contributed by atoms with Gasteiger partial charge in [0.15, 0.2) is 0 Å². The molecule has 0 aromatic heterocycles. The summed E-state index contributed by atoms with van der Waals surface area (Å²) >= 11 is 0. The lowest BCUT2D eigenvalue weighted by molar-refractivity contribution is -0.150. The quantitative estimate of drug-likeness (QED) is 0.671. The summed E-state index contributed by atoms with van der Waals surface area (Å²) in [6.45, 7) is 5.94. The fourth-order valence-corrected chi connectivity index (χ4v) is 6.02. The van der Waals surface area contributed by atoms with Gasteiger partial charge in [-0.1, -0.05) is 74.5 Å². The molecule has 2 aromatic carbocycles. The Kier molecular flexibility index (Phi) is 6.02. The third-order valence-corrected chi connectivity index (χ3v) is 7.73. The maximum atomic E-state index is 14.0. The van der Waals surface area contributed by atoms with Crippen LogP contribution in [-0.2, 0) is 20.9 Å². The van der Waals surface area contributed by atoms with Gasteiger partial charge in [0.25, 0.3) is 0 Å². The van der Waals surface area contributed by atoms with Gasteiger partial charge in [-0.25, -0.2) is 0 Å². The molecule has 1 N–H and O–H groups in total. The predicted molar refractivity (Wildman–Crippen MR) is 129 cm³/mol. The SMILES string of the molecule is CC(C)CCN1CCC[C@]2(N[C@H](c3ccccc3)[C@@H]3C(=O)N(Cc4ccccc4)C(=O)[C@@H]32)C1=O. The van der Waals surface area contributed by atoms with Crippen LogP contribution >= 0.6 is 0 Å². The van der Waals surface area contributed by atoms with E-state index in [0.29, 0.717) is 25.4 Å². The Morgan fingerprint density at radius 3 is 2.32 bits per heavy atom. The minimum absolute atomic E-state index is 0.0180. The predicted octanol–water partition coefficient (Wildman–Crippen LogP) is 3.54. The second-order valence-corrected chi connectivity index (χ2v) is 10.3. The van der Waals surface area contributed by atoms with E-state index in [0.717, 1.165) is 24.0 Å². The Balaban J connectivity index is 1.53. The number of hydrogen-bond donors (Lipinski definition) is 1. The van der Waals surface area contributed by atoms with Gasteiger partial charge in [0, 0.05) is 19.1 Å². The van der Waals surface area contributed by atoms with Crippen molar-refractivity contribution < 1.29 is 14.4 Å². The first-order valence-electron chi connectivity index (χ1n) is 12.4. The van der Waals surface area contributed by atoms with Gasteiger partial charge in [0.05, 0.1) is 18.4 Å². The molecular weight excluding hydrogens is 426 g/mol. The molecule has 3 aliphatic heterocycles. The summed E-state index contributed by atoms with van der Waals surface area (Å²) in [6.07, 6.45) is 2.32. The zero-order chi connectivity index (χ0) is 23.9. The van der Waals surface area contributed by atoms with Gasteiger partial charge >= 0.3 is 0 Å². The van der Waals surface area contributed by atoms with E-state index >= 15 is 0 Å². The van der Waals surface area contributed by atoms with Crippen molar-refractivity contribution in [3.8, 4) is 0 Å². The van der Waals surface area contributed by atoms with Gasteiger partial charge in [0.2, 0.25) is 17.7 Å². The number of hydrogen-bond acceptors (Lipinski definition) is 4. The average molecular weight is 460 g/mol. The van der Waals surface area contributed by atoms with Crippen LogP contribution in [0.2, 0.25) is 0 Å². The number of fused-ring (bicyclic) bond motifs is 2. The molecule has 0 aliphatic carbocycles. The van der Waals surface area contributed by atoms with Crippen molar-refractivity contribution in [3.05, 3.63) is 71.8 Å². The number of rotatable bonds is 6. The summed E-state index contributed by atoms with van der Waals surface area (Å²) in [7, 11) is 0. The highest BCUT2D eigenvalue weighted by Crippen LogP contribution is 2.52. The van der Waals surface area contributed by atoms with Gasteiger partial charge < -0.3 is 4.90 Å². The topological polar surface area (TPSA) is 69.7 Å². The molecule has 6 heteroatoms. The first kappa shape index (κ1) is 22.8. The van der Waals surface area contributed by atoms with Crippen LogP contribution in [0.1, 0.15) is 50.3 Å². The fourth-order valence-electron chi connectivity index (χ4n) is 6.02. The zero-order valence-electron chi connectivity index (χ0n) is 19.9. The van der Waals surface area contributed by atoms with Crippen molar-refractivity contribution in [1.82, 2.24) is 15.1 Å². The Labute approximate surface area is 201 Å². The molecule has 3 saturated heterocycles. The average Bonchev–Trinajstić information content (AvgIpc) is 3.31. The fraction of sp³-hybridized carbons (Fsp3) is 0.464. The van der Waals surface area contributed by atoms with Crippen molar-refractivity contribution in [1.29, 1.82) is 0 Å². The van der Waals surface area contributed by atoms with Crippen molar-refractivity contribution in [2.24, 2.45) is 17.8 Å². The highest BCUT2D eigenvalue weighted by Gasteiger charge is 2.68. The standard InChI is InChI=1S/C28H33N3O3/c1-19(2)14-17-30-16-9-15-28(27(30)34)23-22(24(29-28)21-12-7-4-8-13-21)25(32)31(26(23)33)18-20-10-5-3-6-11-20/h3-8,10-13,19,22-24,29H,9,14-18H2,1-2H3/t22-,23-,24-,28-/m1/s1. The van der Waals surface area contributed by atoms with Crippen LogP contribution in [0.3, 0.4) is 0 Å². The van der Waals surface area contributed by atoms with Crippen LogP contribution in [0.15, 0.2) is 60.7 Å². The minimum Gasteiger partial charge on any atom is -0.341 e. The van der Waals surface area contributed by atoms with Crippen molar-refractivity contribution >= 4 is 17.7 Å². The van der Waals surface area contributed by atoms with Crippen molar-refractivity contribution in [3.63, 3.8) is 0 Å². The van der Waals surface area contributed by atoms with Crippen LogP contribution in [0.5, 0.6) is 0 Å². The summed E-state index contributed by atoms with van der Waals surface area (Å²) in [5.41, 5.74) is 0.832. The molecule has 5 rings (SSSR count). The lowest BCUT2D eigenvalue weighted by atomic mass is 9.74. The Bertz CT molecular complexity index is 1070. The number of nitrogens with zero attached hydrogens (tertiary/aromatic N) is 2. The summed E-state index contributed by atoms with van der Waals surface area (Å²) in [4.78, 5) is 44.9. The molecule has 2 aromatic rings. The lowest BCUT2D eigenvalue weighted by Gasteiger charge is -2.42. The normalized spacial score (nSPS) is 28.9. The van der Waals surface area contributed by atoms with Gasteiger partial charge in [-0.15, -0.1) is 0 Å². The number of imide groups is 1. The Hall–Kier alpha value is -2.99. The molecule has 0 radical (unpaired) electrons. The van der Waals surface area contributed by atoms with Gasteiger partial charge in [-0.05, 0) is 36.3 Å². The summed E-state index contributed by atoms with van der Waals surface area (Å²) < 4.78 is 0. The lowest BCUT2D eigenvalue weighted by Crippen LogP contribution is -2.63. The molecule has 3 aliphatic rings. The molecule has 34 heavy (non-hydrogen) atoms. The maximum Gasteiger partial charge on any atom is 0.243 e. The molecule has 3 amide bonds. The van der Waals surface area contributed by atoms with Crippen molar-refractivity contribution in [2.45, 2.75) is 51.2 Å². The van der Waals surface area contributed by atoms with E-state index in [9.17, 15) is 14.4 Å². The van der Waals surface area contributed by atoms with E-state index in [2.05, 4.69) is 19.2 Å². The van der Waals surface area contributed by atoms with E-state index < -0.39 is 17.4 Å². The van der Waals surface area contributed by atoms with Crippen molar-refractivity contribution in [2.75, 3.05) is 13.1 Å². The number of piperidine rings is 1. The van der Waals surface area contributed by atoms with Gasteiger partial charge in [-0.3, -0.25) is 24.6 Å². The van der Waals surface area contributed by atoms with Crippen LogP contribution in [-0.4, -0.2) is 46.1 Å². The van der Waals surface area contributed by atoms with E-state index in [1.54, 1.807) is 0 Å².